The van der Waals surface area contributed by atoms with Crippen LogP contribution in [0.25, 0.3) is 0 Å². The lowest BCUT2D eigenvalue weighted by Gasteiger charge is -2.28. The van der Waals surface area contributed by atoms with E-state index in [2.05, 4.69) is 74.4 Å². The van der Waals surface area contributed by atoms with Crippen LogP contribution in [0, 0.1) is 0 Å². The van der Waals surface area contributed by atoms with Crippen molar-refractivity contribution in [2.24, 2.45) is 0 Å². The highest BCUT2D eigenvalue weighted by Crippen LogP contribution is 2.30. The second-order valence-electron chi connectivity index (χ2n) is 6.47. The number of pyridine rings is 1. The lowest BCUT2D eigenvalue weighted by Crippen LogP contribution is -2.27. The lowest BCUT2D eigenvalue weighted by molar-refractivity contribution is 0.514. The van der Waals surface area contributed by atoms with Crippen LogP contribution in [0.5, 0.6) is 0 Å². The first-order valence-electron chi connectivity index (χ1n) is 7.75. The smallest absolute Gasteiger partial charge is 0.0422 e. The molecule has 0 fully saturated rings. The summed E-state index contributed by atoms with van der Waals surface area (Å²) in [6.45, 7) is 9.93. The number of hydrogen-bond donors (Lipinski definition) is 1. The second kappa shape index (κ2) is 6.86. The van der Waals surface area contributed by atoms with Crippen molar-refractivity contribution in [3.05, 3.63) is 65.5 Å². The molecule has 112 valence electrons. The van der Waals surface area contributed by atoms with Crippen molar-refractivity contribution >= 4 is 0 Å². The van der Waals surface area contributed by atoms with Crippen LogP contribution in [0.15, 0.2) is 48.7 Å². The van der Waals surface area contributed by atoms with Crippen molar-refractivity contribution in [2.45, 2.75) is 45.6 Å². The predicted molar refractivity (Wildman–Crippen MR) is 89.5 cm³/mol. The summed E-state index contributed by atoms with van der Waals surface area (Å²) in [5.41, 5.74) is 4.07. The van der Waals surface area contributed by atoms with E-state index in [-0.39, 0.29) is 5.41 Å². The number of nitrogens with zero attached hydrogens (tertiary/aromatic N) is 1. The molecule has 1 aromatic carbocycles. The predicted octanol–water partition coefficient (Wildman–Crippen LogP) is 4.27. The number of aromatic nitrogens is 1. The number of nitrogens with one attached hydrogen (secondary N) is 1. The molecule has 2 nitrogen and oxygen atoms in total. The van der Waals surface area contributed by atoms with Crippen molar-refractivity contribution in [3.63, 3.8) is 0 Å². The molecule has 0 amide bonds. The molecule has 1 heterocycles. The van der Waals surface area contributed by atoms with Gasteiger partial charge in [-0.3, -0.25) is 4.98 Å². The van der Waals surface area contributed by atoms with Gasteiger partial charge in [0, 0.05) is 24.4 Å². The molecule has 1 aromatic heterocycles. The molecule has 2 heteroatoms. The van der Waals surface area contributed by atoms with Gasteiger partial charge in [0.1, 0.15) is 0 Å². The fraction of sp³-hybridized carbons (Fsp3) is 0.421. The summed E-state index contributed by atoms with van der Waals surface area (Å²) in [6.07, 6.45) is 2.79. The Hall–Kier alpha value is -1.67. The molecule has 1 atom stereocenters. The first-order chi connectivity index (χ1) is 10.0. The van der Waals surface area contributed by atoms with E-state index in [4.69, 9.17) is 0 Å². The summed E-state index contributed by atoms with van der Waals surface area (Å²) in [7, 11) is 0. The molecular weight excluding hydrogens is 256 g/mol. The number of benzene rings is 1. The highest BCUT2D eigenvalue weighted by atomic mass is 14.9. The van der Waals surface area contributed by atoms with Crippen molar-refractivity contribution in [2.75, 3.05) is 6.54 Å². The van der Waals surface area contributed by atoms with Gasteiger partial charge in [-0.2, -0.15) is 0 Å². The summed E-state index contributed by atoms with van der Waals surface area (Å²) in [6, 6.07) is 15.2. The monoisotopic (exact) mass is 282 g/mol. The summed E-state index contributed by atoms with van der Waals surface area (Å²) >= 11 is 0. The van der Waals surface area contributed by atoms with Gasteiger partial charge in [-0.05, 0) is 35.2 Å². The summed E-state index contributed by atoms with van der Waals surface area (Å²) < 4.78 is 0. The number of likely N-dealkylation sites (N-methyl/N-ethyl adjacent to an activating group) is 1. The average Bonchev–Trinajstić information content (AvgIpc) is 2.47. The normalized spacial score (nSPS) is 13.1. The van der Waals surface area contributed by atoms with Gasteiger partial charge >= 0.3 is 0 Å². The molecule has 0 aliphatic carbocycles. The third-order valence-corrected chi connectivity index (χ3v) is 3.73. The van der Waals surface area contributed by atoms with Crippen LogP contribution < -0.4 is 5.32 Å². The Bertz CT molecular complexity index is 555. The van der Waals surface area contributed by atoms with Crippen molar-refractivity contribution in [1.82, 2.24) is 10.3 Å². The molecule has 2 rings (SSSR count). The summed E-state index contributed by atoms with van der Waals surface area (Å²) in [5, 5.41) is 3.62. The molecule has 0 aliphatic heterocycles. The van der Waals surface area contributed by atoms with Gasteiger partial charge in [0.15, 0.2) is 0 Å². The Labute approximate surface area is 128 Å². The van der Waals surface area contributed by atoms with Crippen LogP contribution >= 0.6 is 0 Å². The number of rotatable bonds is 5. The second-order valence-corrected chi connectivity index (χ2v) is 6.47. The zero-order valence-corrected chi connectivity index (χ0v) is 13.6. The van der Waals surface area contributed by atoms with E-state index in [9.17, 15) is 0 Å². The standard InChI is InChI=1S/C19H26N2/c1-5-20-18(14-15-10-8-9-13-21-15)16-11-6-7-12-17(16)19(2,3)4/h6-13,18,20H,5,14H2,1-4H3. The Morgan fingerprint density at radius 3 is 2.38 bits per heavy atom. The molecule has 0 radical (unpaired) electrons. The minimum atomic E-state index is 0.147. The Morgan fingerprint density at radius 2 is 1.76 bits per heavy atom. The maximum Gasteiger partial charge on any atom is 0.0422 e. The van der Waals surface area contributed by atoms with Crippen LogP contribution in [0.4, 0.5) is 0 Å². The first kappa shape index (κ1) is 15.7. The zero-order valence-electron chi connectivity index (χ0n) is 13.6. The third kappa shape index (κ3) is 4.15. The molecule has 1 unspecified atom stereocenters. The molecule has 0 bridgehead atoms. The summed E-state index contributed by atoms with van der Waals surface area (Å²) in [5.74, 6) is 0. The quantitative estimate of drug-likeness (QED) is 0.885. The van der Waals surface area contributed by atoms with Gasteiger partial charge in [0.25, 0.3) is 0 Å². The van der Waals surface area contributed by atoms with E-state index in [0.29, 0.717) is 6.04 Å². The highest BCUT2D eigenvalue weighted by molar-refractivity contribution is 5.36. The molecule has 21 heavy (non-hydrogen) atoms. The van der Waals surface area contributed by atoms with E-state index in [1.807, 2.05) is 12.3 Å². The highest BCUT2D eigenvalue weighted by Gasteiger charge is 2.22. The van der Waals surface area contributed by atoms with Crippen LogP contribution in [-0.4, -0.2) is 11.5 Å². The van der Waals surface area contributed by atoms with Gasteiger partial charge in [-0.15, -0.1) is 0 Å². The van der Waals surface area contributed by atoms with Crippen molar-refractivity contribution in [1.29, 1.82) is 0 Å². The van der Waals surface area contributed by atoms with Gasteiger partial charge in [-0.25, -0.2) is 0 Å². The Balaban J connectivity index is 2.35. The maximum absolute atomic E-state index is 4.48. The van der Waals surface area contributed by atoms with Crippen molar-refractivity contribution in [3.8, 4) is 0 Å². The topological polar surface area (TPSA) is 24.9 Å². The molecule has 0 spiro atoms. The van der Waals surface area contributed by atoms with Crippen LogP contribution in [0.3, 0.4) is 0 Å². The molecule has 2 aromatic rings. The number of hydrogen-bond acceptors (Lipinski definition) is 2. The molecule has 0 saturated carbocycles. The maximum atomic E-state index is 4.48. The summed E-state index contributed by atoms with van der Waals surface area (Å²) in [4.78, 5) is 4.48. The van der Waals surface area contributed by atoms with E-state index in [1.165, 1.54) is 11.1 Å². The third-order valence-electron chi connectivity index (χ3n) is 3.73. The minimum Gasteiger partial charge on any atom is -0.310 e. The Kier molecular flexibility index (Phi) is 5.13. The van der Waals surface area contributed by atoms with E-state index in [0.717, 1.165) is 18.7 Å². The minimum absolute atomic E-state index is 0.147. The van der Waals surface area contributed by atoms with Crippen LogP contribution in [0.1, 0.15) is 50.6 Å². The average molecular weight is 282 g/mol. The molecule has 1 N–H and O–H groups in total. The van der Waals surface area contributed by atoms with Gasteiger partial charge < -0.3 is 5.32 Å². The molecule has 0 aliphatic rings. The molecule has 0 saturated heterocycles. The van der Waals surface area contributed by atoms with E-state index in [1.54, 1.807) is 0 Å². The van der Waals surface area contributed by atoms with E-state index < -0.39 is 0 Å². The van der Waals surface area contributed by atoms with Crippen molar-refractivity contribution < 1.29 is 0 Å². The lowest BCUT2D eigenvalue weighted by atomic mass is 9.81. The fourth-order valence-electron chi connectivity index (χ4n) is 2.75. The largest absolute Gasteiger partial charge is 0.310 e. The van der Waals surface area contributed by atoms with Gasteiger partial charge in [0.05, 0.1) is 0 Å². The van der Waals surface area contributed by atoms with Gasteiger partial charge in [0.2, 0.25) is 0 Å². The van der Waals surface area contributed by atoms with Gasteiger partial charge in [-0.1, -0.05) is 58.0 Å². The Morgan fingerprint density at radius 1 is 1.05 bits per heavy atom. The van der Waals surface area contributed by atoms with Crippen LogP contribution in [-0.2, 0) is 11.8 Å². The zero-order chi connectivity index (χ0) is 15.3. The first-order valence-corrected chi connectivity index (χ1v) is 7.75. The van der Waals surface area contributed by atoms with E-state index >= 15 is 0 Å². The van der Waals surface area contributed by atoms with Crippen LogP contribution in [0.2, 0.25) is 0 Å². The SMILES string of the molecule is CCNC(Cc1ccccn1)c1ccccc1C(C)(C)C. The molecular formula is C19H26N2. The fourth-order valence-corrected chi connectivity index (χ4v) is 2.75.